The molecular formula is C20H17F3N2O5. The van der Waals surface area contributed by atoms with Gasteiger partial charge in [0.15, 0.2) is 0 Å². The van der Waals surface area contributed by atoms with E-state index in [4.69, 9.17) is 20.1 Å². The first-order valence-electron chi connectivity index (χ1n) is 8.44. The average molecular weight is 422 g/mol. The molecule has 0 aliphatic carbocycles. The molecule has 1 amide bonds. The van der Waals surface area contributed by atoms with E-state index in [1.807, 2.05) is 25.1 Å². The minimum Gasteiger partial charge on any atom is -0.475 e. The number of carbonyl (C=O) groups is 2. The van der Waals surface area contributed by atoms with Gasteiger partial charge in [0.05, 0.1) is 6.42 Å². The summed E-state index contributed by atoms with van der Waals surface area (Å²) < 4.78 is 36.9. The summed E-state index contributed by atoms with van der Waals surface area (Å²) in [5.41, 5.74) is 8.65. The molecule has 0 atom stereocenters. The number of rotatable bonds is 3. The molecule has 0 spiro atoms. The molecule has 1 aromatic heterocycles. The van der Waals surface area contributed by atoms with E-state index < -0.39 is 17.8 Å². The highest BCUT2D eigenvalue weighted by Gasteiger charge is 2.38. The minimum atomic E-state index is -5.08. The highest BCUT2D eigenvalue weighted by molar-refractivity contribution is 5.94. The minimum absolute atomic E-state index is 0.149. The van der Waals surface area contributed by atoms with Crippen molar-refractivity contribution in [3.05, 3.63) is 70.1 Å². The fourth-order valence-electron chi connectivity index (χ4n) is 2.43. The third-order valence-electron chi connectivity index (χ3n) is 3.82. The van der Waals surface area contributed by atoms with Crippen molar-refractivity contribution in [2.45, 2.75) is 19.5 Å². The van der Waals surface area contributed by atoms with Crippen LogP contribution in [0.4, 0.5) is 24.5 Å². The Morgan fingerprint density at radius 1 is 1.10 bits per heavy atom. The maximum Gasteiger partial charge on any atom is 0.490 e. The number of benzene rings is 2. The number of halogens is 3. The Kier molecular flexibility index (Phi) is 6.83. The van der Waals surface area contributed by atoms with Gasteiger partial charge >= 0.3 is 17.8 Å². The maximum atomic E-state index is 12.1. The third-order valence-corrected chi connectivity index (χ3v) is 3.82. The van der Waals surface area contributed by atoms with Crippen LogP contribution in [-0.4, -0.2) is 23.2 Å². The van der Waals surface area contributed by atoms with Crippen molar-refractivity contribution in [2.75, 3.05) is 11.1 Å². The molecule has 0 saturated heterocycles. The number of carboxylic acids is 1. The molecule has 1 heterocycles. The lowest BCUT2D eigenvalue weighted by molar-refractivity contribution is -0.192. The largest absolute Gasteiger partial charge is 0.490 e. The number of aryl methyl sites for hydroxylation is 1. The Balaban J connectivity index is 0.000000396. The Hall–Kier alpha value is -3.82. The van der Waals surface area contributed by atoms with Crippen LogP contribution in [0.15, 0.2) is 57.7 Å². The van der Waals surface area contributed by atoms with Crippen LogP contribution >= 0.6 is 0 Å². The number of hydrogen-bond acceptors (Lipinski definition) is 5. The summed E-state index contributed by atoms with van der Waals surface area (Å²) in [6.45, 7) is 1.85. The van der Waals surface area contributed by atoms with Gasteiger partial charge in [-0.3, -0.25) is 4.79 Å². The second-order valence-corrected chi connectivity index (χ2v) is 6.23. The molecule has 4 N–H and O–H groups in total. The summed E-state index contributed by atoms with van der Waals surface area (Å²) in [7, 11) is 0. The van der Waals surface area contributed by atoms with E-state index in [1.54, 1.807) is 24.3 Å². The zero-order valence-corrected chi connectivity index (χ0v) is 15.6. The van der Waals surface area contributed by atoms with Crippen molar-refractivity contribution in [2.24, 2.45) is 0 Å². The first-order valence-corrected chi connectivity index (χ1v) is 8.44. The van der Waals surface area contributed by atoms with E-state index in [-0.39, 0.29) is 12.3 Å². The molecule has 30 heavy (non-hydrogen) atoms. The van der Waals surface area contributed by atoms with Crippen molar-refractivity contribution in [1.82, 2.24) is 0 Å². The SMILES string of the molecule is Cc1cc(=O)oc2cc(NC(=O)Cc3ccc(N)cc3)ccc12.O=C(O)C(F)(F)F. The second-order valence-electron chi connectivity index (χ2n) is 6.23. The molecule has 0 fully saturated rings. The Bertz CT molecular complexity index is 1120. The predicted molar refractivity (Wildman–Crippen MR) is 104 cm³/mol. The molecule has 10 heteroatoms. The van der Waals surface area contributed by atoms with E-state index in [2.05, 4.69) is 5.32 Å². The smallest absolute Gasteiger partial charge is 0.475 e. The number of anilines is 2. The molecule has 3 rings (SSSR count). The lowest BCUT2D eigenvalue weighted by Gasteiger charge is -2.07. The van der Waals surface area contributed by atoms with Crippen molar-refractivity contribution in [1.29, 1.82) is 0 Å². The van der Waals surface area contributed by atoms with Crippen LogP contribution in [0.3, 0.4) is 0 Å². The lowest BCUT2D eigenvalue weighted by Crippen LogP contribution is -2.21. The Labute approximate surface area is 167 Å². The van der Waals surface area contributed by atoms with Crippen molar-refractivity contribution >= 4 is 34.2 Å². The maximum absolute atomic E-state index is 12.1. The second kappa shape index (κ2) is 9.12. The molecule has 7 nitrogen and oxygen atoms in total. The van der Waals surface area contributed by atoms with Gasteiger partial charge in [-0.15, -0.1) is 0 Å². The molecule has 158 valence electrons. The molecule has 0 saturated carbocycles. The van der Waals surface area contributed by atoms with Crippen LogP contribution < -0.4 is 16.7 Å². The molecule has 0 aliphatic rings. The number of nitrogen functional groups attached to an aromatic ring is 1. The summed E-state index contributed by atoms with van der Waals surface area (Å²) in [6.07, 6.45) is -4.84. The number of hydrogen-bond donors (Lipinski definition) is 3. The third kappa shape index (κ3) is 6.36. The first-order chi connectivity index (χ1) is 14.0. The fourth-order valence-corrected chi connectivity index (χ4v) is 2.43. The van der Waals surface area contributed by atoms with Crippen molar-refractivity contribution in [3.8, 4) is 0 Å². The van der Waals surface area contributed by atoms with Gasteiger partial charge in [0.25, 0.3) is 0 Å². The first kappa shape index (κ1) is 22.5. The van der Waals surface area contributed by atoms with Crippen LogP contribution in [0.1, 0.15) is 11.1 Å². The summed E-state index contributed by atoms with van der Waals surface area (Å²) >= 11 is 0. The van der Waals surface area contributed by atoms with Gasteiger partial charge in [-0.25, -0.2) is 9.59 Å². The predicted octanol–water partition coefficient (Wildman–Crippen LogP) is 3.50. The number of alkyl halides is 3. The average Bonchev–Trinajstić information content (AvgIpc) is 2.63. The van der Waals surface area contributed by atoms with Gasteiger partial charge in [0.1, 0.15) is 5.58 Å². The fraction of sp³-hybridized carbons (Fsp3) is 0.150. The summed E-state index contributed by atoms with van der Waals surface area (Å²) in [5, 5.41) is 10.8. The van der Waals surface area contributed by atoms with Crippen molar-refractivity contribution < 1.29 is 32.3 Å². The number of carboxylic acid groups (broad SMARTS) is 1. The highest BCUT2D eigenvalue weighted by Crippen LogP contribution is 2.21. The monoisotopic (exact) mass is 422 g/mol. The lowest BCUT2D eigenvalue weighted by atomic mass is 10.1. The number of nitrogens with one attached hydrogen (secondary N) is 1. The Morgan fingerprint density at radius 3 is 2.27 bits per heavy atom. The van der Waals surface area contributed by atoms with E-state index in [0.29, 0.717) is 17.0 Å². The molecule has 2 aromatic carbocycles. The van der Waals surface area contributed by atoms with Crippen LogP contribution in [0, 0.1) is 6.92 Å². The van der Waals surface area contributed by atoms with Gasteiger partial charge in [-0.05, 0) is 42.3 Å². The van der Waals surface area contributed by atoms with E-state index in [0.717, 1.165) is 16.5 Å². The Morgan fingerprint density at radius 2 is 1.70 bits per heavy atom. The zero-order chi connectivity index (χ0) is 22.5. The highest BCUT2D eigenvalue weighted by atomic mass is 19.4. The van der Waals surface area contributed by atoms with E-state index in [9.17, 15) is 22.8 Å². The van der Waals surface area contributed by atoms with Gasteiger partial charge in [0, 0.05) is 28.9 Å². The summed E-state index contributed by atoms with van der Waals surface area (Å²) in [6, 6.07) is 13.9. The molecule has 3 aromatic rings. The van der Waals surface area contributed by atoms with Crippen LogP contribution in [0.25, 0.3) is 11.0 Å². The number of amides is 1. The number of carbonyl (C=O) groups excluding carboxylic acids is 1. The van der Waals surface area contributed by atoms with Gasteiger partial charge in [0.2, 0.25) is 5.91 Å². The molecule has 0 aliphatic heterocycles. The molecule has 0 unspecified atom stereocenters. The number of aliphatic carboxylic acids is 1. The molecular weight excluding hydrogens is 405 g/mol. The zero-order valence-electron chi connectivity index (χ0n) is 15.6. The van der Waals surface area contributed by atoms with Gasteiger partial charge in [-0.1, -0.05) is 12.1 Å². The van der Waals surface area contributed by atoms with Crippen molar-refractivity contribution in [3.63, 3.8) is 0 Å². The normalized spacial score (nSPS) is 10.8. The quantitative estimate of drug-likeness (QED) is 0.439. The number of nitrogens with two attached hydrogens (primary N) is 1. The molecule has 0 bridgehead atoms. The van der Waals surface area contributed by atoms with Gasteiger partial charge < -0.3 is 20.6 Å². The van der Waals surface area contributed by atoms with E-state index >= 15 is 0 Å². The number of fused-ring (bicyclic) bond motifs is 1. The van der Waals surface area contributed by atoms with E-state index in [1.165, 1.54) is 6.07 Å². The van der Waals surface area contributed by atoms with Crippen LogP contribution in [0.2, 0.25) is 0 Å². The van der Waals surface area contributed by atoms with Crippen LogP contribution in [-0.2, 0) is 16.0 Å². The standard InChI is InChI=1S/C18H16N2O3.C2HF3O2/c1-11-8-18(22)23-16-10-14(6-7-15(11)16)20-17(21)9-12-2-4-13(19)5-3-12;3-2(4,5)1(6)7/h2-8,10H,9,19H2,1H3,(H,20,21);(H,6,7). The summed E-state index contributed by atoms with van der Waals surface area (Å²) in [4.78, 5) is 32.4. The topological polar surface area (TPSA) is 123 Å². The van der Waals surface area contributed by atoms with Gasteiger partial charge in [-0.2, -0.15) is 13.2 Å². The summed E-state index contributed by atoms with van der Waals surface area (Å²) in [5.74, 6) is -2.91. The van der Waals surface area contributed by atoms with Crippen LogP contribution in [0.5, 0.6) is 0 Å². The molecule has 0 radical (unpaired) electrons.